The monoisotopic (exact) mass is 179 g/mol. The molecule has 0 saturated carbocycles. The Kier molecular flexibility index (Phi) is 2.84. The third kappa shape index (κ3) is 2.18. The molecular formula is C9H13N3O. The number of aromatic amines is 1. The van der Waals surface area contributed by atoms with Crippen molar-refractivity contribution in [3.63, 3.8) is 0 Å². The largest absolute Gasteiger partial charge is 0.294 e. The number of hydrogen-bond acceptors (Lipinski definition) is 2. The highest BCUT2D eigenvalue weighted by Gasteiger charge is 2.00. The lowest BCUT2D eigenvalue weighted by atomic mass is 10.5. The van der Waals surface area contributed by atoms with Gasteiger partial charge in [-0.15, -0.1) is 0 Å². The Balaban J connectivity index is 3.08. The van der Waals surface area contributed by atoms with Crippen LogP contribution in [0, 0.1) is 6.92 Å². The second kappa shape index (κ2) is 3.89. The highest BCUT2D eigenvalue weighted by molar-refractivity contribution is 5.81. The minimum Gasteiger partial charge on any atom is -0.294 e. The molecule has 0 aliphatic rings. The molecule has 1 N–H and O–H groups in total. The van der Waals surface area contributed by atoms with E-state index >= 15 is 0 Å². The van der Waals surface area contributed by atoms with Gasteiger partial charge in [0, 0.05) is 18.0 Å². The summed E-state index contributed by atoms with van der Waals surface area (Å²) in [6.07, 6.45) is 3.46. The summed E-state index contributed by atoms with van der Waals surface area (Å²) in [6, 6.07) is 1.54. The number of aromatic nitrogens is 2. The van der Waals surface area contributed by atoms with Gasteiger partial charge in [-0.1, -0.05) is 6.08 Å². The first-order valence-corrected chi connectivity index (χ1v) is 4.09. The van der Waals surface area contributed by atoms with Crippen molar-refractivity contribution < 1.29 is 0 Å². The van der Waals surface area contributed by atoms with Crippen LogP contribution in [0.3, 0.4) is 0 Å². The van der Waals surface area contributed by atoms with E-state index < -0.39 is 0 Å². The molecule has 1 aromatic rings. The topological polar surface area (TPSA) is 50.1 Å². The predicted molar refractivity (Wildman–Crippen MR) is 53.1 cm³/mol. The number of nitrogens with one attached hydrogen (secondary N) is 1. The molecule has 0 aromatic carbocycles. The molecule has 0 radical (unpaired) electrons. The molecule has 0 atom stereocenters. The zero-order chi connectivity index (χ0) is 9.84. The van der Waals surface area contributed by atoms with Crippen molar-refractivity contribution in [2.24, 2.45) is 4.99 Å². The lowest BCUT2D eigenvalue weighted by molar-refractivity contribution is 0.877. The molecule has 0 amide bonds. The molecule has 1 aromatic heterocycles. The minimum absolute atomic E-state index is 0.0803. The van der Waals surface area contributed by atoms with Gasteiger partial charge in [-0.25, -0.2) is 9.67 Å². The first-order chi connectivity index (χ1) is 6.15. The summed E-state index contributed by atoms with van der Waals surface area (Å²) >= 11 is 0. The van der Waals surface area contributed by atoms with Crippen LogP contribution in [0.15, 0.2) is 28.1 Å². The fourth-order valence-electron chi connectivity index (χ4n) is 0.994. The highest BCUT2D eigenvalue weighted by atomic mass is 16.1. The van der Waals surface area contributed by atoms with Crippen LogP contribution in [-0.2, 0) is 0 Å². The van der Waals surface area contributed by atoms with E-state index in [9.17, 15) is 4.79 Å². The van der Waals surface area contributed by atoms with Crippen LogP contribution >= 0.6 is 0 Å². The van der Waals surface area contributed by atoms with Crippen molar-refractivity contribution in [3.05, 3.63) is 34.4 Å². The number of aryl methyl sites for hydroxylation is 1. The zero-order valence-electron chi connectivity index (χ0n) is 8.03. The smallest absolute Gasteiger partial charge is 0.272 e. The maximum atomic E-state index is 11.3. The first kappa shape index (κ1) is 9.51. The Morgan fingerprint density at radius 2 is 2.38 bits per heavy atom. The van der Waals surface area contributed by atoms with Gasteiger partial charge in [0.15, 0.2) is 0 Å². The van der Waals surface area contributed by atoms with Gasteiger partial charge in [0.25, 0.3) is 5.56 Å². The molecule has 4 nitrogen and oxygen atoms in total. The molecule has 0 bridgehead atoms. The Bertz CT molecular complexity index is 395. The number of rotatable bonds is 1. The van der Waals surface area contributed by atoms with Crippen molar-refractivity contribution in [2.75, 3.05) is 0 Å². The third-order valence-electron chi connectivity index (χ3n) is 1.58. The van der Waals surface area contributed by atoms with Gasteiger partial charge in [-0.3, -0.25) is 9.89 Å². The van der Waals surface area contributed by atoms with Gasteiger partial charge in [0.1, 0.15) is 5.84 Å². The average Bonchev–Trinajstić information content (AvgIpc) is 2.41. The Morgan fingerprint density at radius 1 is 1.69 bits per heavy atom. The summed E-state index contributed by atoms with van der Waals surface area (Å²) in [4.78, 5) is 15.3. The van der Waals surface area contributed by atoms with Crippen LogP contribution in [0.2, 0.25) is 0 Å². The fourth-order valence-corrected chi connectivity index (χ4v) is 0.994. The van der Waals surface area contributed by atoms with Gasteiger partial charge < -0.3 is 0 Å². The molecule has 0 unspecified atom stereocenters. The molecule has 1 rings (SSSR count). The molecule has 4 heteroatoms. The van der Waals surface area contributed by atoms with Gasteiger partial charge in [-0.05, 0) is 20.8 Å². The van der Waals surface area contributed by atoms with E-state index in [-0.39, 0.29) is 5.56 Å². The second-order valence-corrected chi connectivity index (χ2v) is 2.77. The van der Waals surface area contributed by atoms with Gasteiger partial charge >= 0.3 is 0 Å². The Hall–Kier alpha value is -1.58. The van der Waals surface area contributed by atoms with Crippen molar-refractivity contribution >= 4 is 5.84 Å². The SMILES string of the molecule is C/C=C\N=C(C)n1[nH]c(C)cc1=O. The number of allylic oxidation sites excluding steroid dienone is 1. The quantitative estimate of drug-likeness (QED) is 0.512. The van der Waals surface area contributed by atoms with E-state index in [0.717, 1.165) is 5.69 Å². The summed E-state index contributed by atoms with van der Waals surface area (Å²) < 4.78 is 1.41. The predicted octanol–water partition coefficient (Wildman–Crippen LogP) is 1.28. The van der Waals surface area contributed by atoms with Gasteiger partial charge in [-0.2, -0.15) is 0 Å². The molecule has 1 heterocycles. The fraction of sp³-hybridized carbons (Fsp3) is 0.333. The van der Waals surface area contributed by atoms with Crippen LogP contribution < -0.4 is 5.56 Å². The Labute approximate surface area is 76.6 Å². The zero-order valence-corrected chi connectivity index (χ0v) is 8.03. The number of nitrogens with zero attached hydrogens (tertiary/aromatic N) is 2. The summed E-state index contributed by atoms with van der Waals surface area (Å²) in [6.45, 7) is 5.48. The summed E-state index contributed by atoms with van der Waals surface area (Å²) in [5.74, 6) is 0.635. The number of hydrogen-bond donors (Lipinski definition) is 1. The molecular weight excluding hydrogens is 166 g/mol. The van der Waals surface area contributed by atoms with Gasteiger partial charge in [0.05, 0.1) is 0 Å². The molecule has 13 heavy (non-hydrogen) atoms. The maximum absolute atomic E-state index is 11.3. The minimum atomic E-state index is -0.0803. The molecule has 0 fully saturated rings. The van der Waals surface area contributed by atoms with Crippen LogP contribution in [0.1, 0.15) is 19.5 Å². The van der Waals surface area contributed by atoms with Crippen molar-refractivity contribution in [2.45, 2.75) is 20.8 Å². The molecule has 0 aliphatic carbocycles. The number of aliphatic imine (C=N–C) groups is 1. The lowest BCUT2D eigenvalue weighted by Crippen LogP contribution is -2.21. The number of H-pyrrole nitrogens is 1. The maximum Gasteiger partial charge on any atom is 0.272 e. The van der Waals surface area contributed by atoms with E-state index in [1.165, 1.54) is 10.7 Å². The highest BCUT2D eigenvalue weighted by Crippen LogP contribution is 1.87. The summed E-state index contributed by atoms with van der Waals surface area (Å²) in [7, 11) is 0. The lowest BCUT2D eigenvalue weighted by Gasteiger charge is -1.97. The van der Waals surface area contributed by atoms with E-state index in [0.29, 0.717) is 5.84 Å². The summed E-state index contributed by atoms with van der Waals surface area (Å²) in [5, 5.41) is 2.89. The van der Waals surface area contributed by atoms with E-state index in [2.05, 4.69) is 10.1 Å². The van der Waals surface area contributed by atoms with Crippen LogP contribution in [0.5, 0.6) is 0 Å². The van der Waals surface area contributed by atoms with E-state index in [1.54, 1.807) is 13.1 Å². The van der Waals surface area contributed by atoms with Crippen LogP contribution in [0.4, 0.5) is 0 Å². The molecule has 0 saturated heterocycles. The van der Waals surface area contributed by atoms with Crippen LogP contribution in [0.25, 0.3) is 0 Å². The molecule has 0 aliphatic heterocycles. The van der Waals surface area contributed by atoms with Crippen molar-refractivity contribution in [1.82, 2.24) is 9.78 Å². The Morgan fingerprint density at radius 3 is 2.85 bits per heavy atom. The average molecular weight is 179 g/mol. The third-order valence-corrected chi connectivity index (χ3v) is 1.58. The van der Waals surface area contributed by atoms with Gasteiger partial charge in [0.2, 0.25) is 0 Å². The standard InChI is InChI=1S/C9H13N3O/c1-4-5-10-8(3)12-9(13)6-7(2)11-12/h4-6,11H,1-3H3/b5-4-,10-8?. The van der Waals surface area contributed by atoms with E-state index in [1.807, 2.05) is 19.9 Å². The van der Waals surface area contributed by atoms with Crippen molar-refractivity contribution in [3.8, 4) is 0 Å². The second-order valence-electron chi connectivity index (χ2n) is 2.77. The van der Waals surface area contributed by atoms with E-state index in [4.69, 9.17) is 0 Å². The summed E-state index contributed by atoms with van der Waals surface area (Å²) in [5.41, 5.74) is 0.753. The van der Waals surface area contributed by atoms with Crippen LogP contribution in [-0.4, -0.2) is 15.6 Å². The normalized spacial score (nSPS) is 12.7. The molecule has 0 spiro atoms. The molecule has 70 valence electrons. The van der Waals surface area contributed by atoms with Crippen molar-refractivity contribution in [1.29, 1.82) is 0 Å². The first-order valence-electron chi connectivity index (χ1n) is 4.09.